The van der Waals surface area contributed by atoms with Crippen LogP contribution in [0.25, 0.3) is 89.9 Å². The van der Waals surface area contributed by atoms with E-state index in [1.807, 2.05) is 6.08 Å². The lowest BCUT2D eigenvalue weighted by Crippen LogP contribution is -1.98. The summed E-state index contributed by atoms with van der Waals surface area (Å²) < 4.78 is 8.64. The Morgan fingerprint density at radius 2 is 1.53 bits per heavy atom. The van der Waals surface area contributed by atoms with Crippen LogP contribution in [-0.2, 0) is 12.8 Å². The minimum atomic E-state index is 0.843. The summed E-state index contributed by atoms with van der Waals surface area (Å²) in [7, 11) is 0. The molecular formula is C51H43NO. The molecule has 1 aliphatic rings. The Kier molecular flexibility index (Phi) is 8.12. The van der Waals surface area contributed by atoms with E-state index in [1.165, 1.54) is 87.9 Å². The van der Waals surface area contributed by atoms with Gasteiger partial charge in [0.2, 0.25) is 0 Å². The molecule has 0 radical (unpaired) electrons. The standard InChI is InChI=1S/C51H43NO/c1-6-14-48-38(7-2)43-26-22-34(33(5)28-47-44-19-11-12-20-51(44)53-50(47)8-3)31-49(43)52(48)37-16-13-15-35(29-37)36-23-25-42-41-24-21-32(4)27-45(41)39-17-9-10-18-40(39)46(42)30-36/h6,8-10,12-18,20-31H,3,7,11,19H2,1-2,4-5H3/b14-6-,33-28+. The highest BCUT2D eigenvalue weighted by molar-refractivity contribution is 6.25. The van der Waals surface area contributed by atoms with Gasteiger partial charge >= 0.3 is 0 Å². The van der Waals surface area contributed by atoms with Crippen LogP contribution in [0.5, 0.6) is 0 Å². The van der Waals surface area contributed by atoms with Gasteiger partial charge in [0.15, 0.2) is 0 Å². The van der Waals surface area contributed by atoms with Crippen LogP contribution in [-0.4, -0.2) is 4.57 Å². The second-order valence-corrected chi connectivity index (χ2v) is 14.4. The second-order valence-electron chi connectivity index (χ2n) is 14.4. The molecule has 6 aromatic carbocycles. The molecule has 0 aliphatic heterocycles. The molecule has 0 fully saturated rings. The number of benzene rings is 6. The van der Waals surface area contributed by atoms with Crippen LogP contribution in [0.4, 0.5) is 0 Å². The number of hydrogen-bond acceptors (Lipinski definition) is 1. The quantitative estimate of drug-likeness (QED) is 0.153. The van der Waals surface area contributed by atoms with Crippen molar-refractivity contribution in [1.82, 2.24) is 4.57 Å². The summed E-state index contributed by atoms with van der Waals surface area (Å²) in [6.45, 7) is 12.8. The van der Waals surface area contributed by atoms with Crippen LogP contribution >= 0.6 is 0 Å². The van der Waals surface area contributed by atoms with Crippen LogP contribution < -0.4 is 0 Å². The van der Waals surface area contributed by atoms with Gasteiger partial charge in [-0.1, -0.05) is 110 Å². The topological polar surface area (TPSA) is 18.1 Å². The molecule has 0 unspecified atom stereocenters. The van der Waals surface area contributed by atoms with Crippen LogP contribution in [0, 0.1) is 6.92 Å². The lowest BCUT2D eigenvalue weighted by atomic mass is 9.91. The van der Waals surface area contributed by atoms with E-state index in [-0.39, 0.29) is 0 Å². The number of furan rings is 1. The first-order valence-electron chi connectivity index (χ1n) is 18.9. The van der Waals surface area contributed by atoms with Gasteiger partial charge in [-0.05, 0) is 149 Å². The highest BCUT2D eigenvalue weighted by atomic mass is 16.3. The minimum absolute atomic E-state index is 0.843. The largest absolute Gasteiger partial charge is 0.456 e. The molecule has 0 atom stereocenters. The maximum absolute atomic E-state index is 6.19. The molecule has 0 amide bonds. The number of rotatable bonds is 7. The van der Waals surface area contributed by atoms with Gasteiger partial charge in [-0.2, -0.15) is 0 Å². The first-order valence-corrected chi connectivity index (χ1v) is 18.9. The Labute approximate surface area is 311 Å². The number of nitrogens with zero attached hydrogens (tertiary/aromatic N) is 1. The van der Waals surface area contributed by atoms with Crippen molar-refractivity contribution in [3.8, 4) is 16.8 Å². The third-order valence-electron chi connectivity index (χ3n) is 11.2. The summed E-state index contributed by atoms with van der Waals surface area (Å²) in [4.78, 5) is 0. The van der Waals surface area contributed by atoms with Crippen LogP contribution in [0.1, 0.15) is 72.2 Å². The van der Waals surface area contributed by atoms with Crippen molar-refractivity contribution in [2.24, 2.45) is 0 Å². The van der Waals surface area contributed by atoms with Gasteiger partial charge in [0, 0.05) is 27.9 Å². The number of aryl methyl sites for hydroxylation is 2. The molecular weight excluding hydrogens is 643 g/mol. The lowest BCUT2D eigenvalue weighted by molar-refractivity contribution is 0.541. The number of allylic oxidation sites excluding steroid dienone is 3. The summed E-state index contributed by atoms with van der Waals surface area (Å²) in [6.07, 6.45) is 15.8. The van der Waals surface area contributed by atoms with Crippen molar-refractivity contribution in [2.75, 3.05) is 0 Å². The maximum atomic E-state index is 6.19. The van der Waals surface area contributed by atoms with E-state index < -0.39 is 0 Å². The van der Waals surface area contributed by atoms with E-state index in [0.29, 0.717) is 0 Å². The second kappa shape index (κ2) is 13.1. The smallest absolute Gasteiger partial charge is 0.134 e. The molecule has 2 heteroatoms. The molecule has 9 rings (SSSR count). The molecule has 0 saturated carbocycles. The van der Waals surface area contributed by atoms with E-state index in [4.69, 9.17) is 4.42 Å². The first-order chi connectivity index (χ1) is 26.0. The molecule has 2 nitrogen and oxygen atoms in total. The van der Waals surface area contributed by atoms with Gasteiger partial charge in [-0.15, -0.1) is 0 Å². The Hall–Kier alpha value is -6.12. The fourth-order valence-corrected chi connectivity index (χ4v) is 8.61. The molecule has 258 valence electrons. The Bertz CT molecular complexity index is 2840. The highest BCUT2D eigenvalue weighted by Gasteiger charge is 2.20. The van der Waals surface area contributed by atoms with E-state index in [9.17, 15) is 0 Å². The van der Waals surface area contributed by atoms with Crippen molar-refractivity contribution < 1.29 is 4.42 Å². The molecule has 53 heavy (non-hydrogen) atoms. The number of fused-ring (bicyclic) bond motifs is 8. The fourth-order valence-electron chi connectivity index (χ4n) is 8.61. The molecule has 0 N–H and O–H groups in total. The third kappa shape index (κ3) is 5.40. The maximum Gasteiger partial charge on any atom is 0.134 e. The fraction of sp³-hybridized carbons (Fsp3) is 0.137. The predicted octanol–water partition coefficient (Wildman–Crippen LogP) is 14.4. The molecule has 0 spiro atoms. The van der Waals surface area contributed by atoms with Gasteiger partial charge in [0.1, 0.15) is 11.5 Å². The Morgan fingerprint density at radius 3 is 2.30 bits per heavy atom. The summed E-state index contributed by atoms with van der Waals surface area (Å²) >= 11 is 0. The number of hydrogen-bond donors (Lipinski definition) is 0. The Morgan fingerprint density at radius 1 is 0.792 bits per heavy atom. The van der Waals surface area contributed by atoms with Gasteiger partial charge in [-0.3, -0.25) is 0 Å². The average Bonchev–Trinajstić information content (AvgIpc) is 3.71. The van der Waals surface area contributed by atoms with Crippen molar-refractivity contribution in [2.45, 2.75) is 47.0 Å². The molecule has 0 bridgehead atoms. The molecule has 1 aliphatic carbocycles. The SMILES string of the molecule is C=Cc1oc2c(c1/C=C(\C)c1ccc3c(CC)c(/C=C\C)n(-c4cccc(-c5ccc6c7ccc(C)cc7c7ccccc7c6c5)c4)c3c1)CCC=C2. The van der Waals surface area contributed by atoms with Gasteiger partial charge in [-0.25, -0.2) is 0 Å². The van der Waals surface area contributed by atoms with Crippen molar-refractivity contribution in [3.63, 3.8) is 0 Å². The zero-order valence-corrected chi connectivity index (χ0v) is 31.0. The normalized spacial score (nSPS) is 13.2. The summed E-state index contributed by atoms with van der Waals surface area (Å²) in [5.74, 6) is 1.80. The van der Waals surface area contributed by atoms with E-state index in [2.05, 4.69) is 172 Å². The molecule has 0 saturated heterocycles. The monoisotopic (exact) mass is 685 g/mol. The molecule has 2 aromatic heterocycles. The van der Waals surface area contributed by atoms with E-state index >= 15 is 0 Å². The average molecular weight is 686 g/mol. The van der Waals surface area contributed by atoms with Crippen molar-refractivity contribution >= 4 is 73.1 Å². The lowest BCUT2D eigenvalue weighted by Gasteiger charge is -2.14. The highest BCUT2D eigenvalue weighted by Crippen LogP contribution is 2.40. The minimum Gasteiger partial charge on any atom is -0.456 e. The number of aromatic nitrogens is 1. The molecule has 2 heterocycles. The Balaban J connectivity index is 1.21. The van der Waals surface area contributed by atoms with E-state index in [1.54, 1.807) is 0 Å². The summed E-state index contributed by atoms with van der Waals surface area (Å²) in [5, 5.41) is 9.09. The zero-order chi connectivity index (χ0) is 36.2. The predicted molar refractivity (Wildman–Crippen MR) is 230 cm³/mol. The van der Waals surface area contributed by atoms with Crippen LogP contribution in [0.15, 0.2) is 126 Å². The van der Waals surface area contributed by atoms with Crippen molar-refractivity contribution in [3.05, 3.63) is 167 Å². The molecule has 8 aromatic rings. The van der Waals surface area contributed by atoms with Gasteiger partial charge in [0.05, 0.1) is 5.52 Å². The zero-order valence-electron chi connectivity index (χ0n) is 31.0. The van der Waals surface area contributed by atoms with Crippen LogP contribution in [0.3, 0.4) is 0 Å². The summed E-state index contributed by atoms with van der Waals surface area (Å²) in [5.41, 5.74) is 13.5. The first kappa shape index (κ1) is 32.8. The summed E-state index contributed by atoms with van der Waals surface area (Å²) in [6, 6.07) is 38.7. The van der Waals surface area contributed by atoms with E-state index in [0.717, 1.165) is 42.0 Å². The third-order valence-corrected chi connectivity index (χ3v) is 11.2. The van der Waals surface area contributed by atoms with Crippen LogP contribution in [0.2, 0.25) is 0 Å². The van der Waals surface area contributed by atoms with Crippen molar-refractivity contribution in [1.29, 1.82) is 0 Å². The van der Waals surface area contributed by atoms with Gasteiger partial charge in [0.25, 0.3) is 0 Å². The van der Waals surface area contributed by atoms with Gasteiger partial charge < -0.3 is 8.98 Å².